The molecule has 1 aromatic rings. The standard InChI is InChI=1S/C10H5BrClNO2/c11-8-2-1-5(12)3-6(8)7-4-9(14)13-10(7)15/h1-4H,(H,13,14,15). The van der Waals surface area contributed by atoms with Crippen LogP contribution in [0.25, 0.3) is 5.57 Å². The molecule has 1 aliphatic rings. The van der Waals surface area contributed by atoms with Gasteiger partial charge in [-0.15, -0.1) is 0 Å². The van der Waals surface area contributed by atoms with Crippen LogP contribution in [0, 0.1) is 0 Å². The Morgan fingerprint density at radius 2 is 2.00 bits per heavy atom. The predicted molar refractivity (Wildman–Crippen MR) is 60.3 cm³/mol. The molecule has 5 heteroatoms. The zero-order valence-corrected chi connectivity index (χ0v) is 9.72. The third kappa shape index (κ3) is 1.96. The SMILES string of the molecule is O=C1C=C(c2cc(Cl)ccc2Br)C(=O)N1. The molecule has 0 spiro atoms. The smallest absolute Gasteiger partial charge is 0.258 e. The number of rotatable bonds is 1. The average molecular weight is 287 g/mol. The van der Waals surface area contributed by atoms with Gasteiger partial charge in [0.1, 0.15) is 0 Å². The van der Waals surface area contributed by atoms with Gasteiger partial charge in [-0.2, -0.15) is 0 Å². The number of imide groups is 1. The molecule has 0 aromatic heterocycles. The van der Waals surface area contributed by atoms with Crippen LogP contribution in [0.1, 0.15) is 5.56 Å². The monoisotopic (exact) mass is 285 g/mol. The summed E-state index contributed by atoms with van der Waals surface area (Å²) in [7, 11) is 0. The van der Waals surface area contributed by atoms with Gasteiger partial charge in [0.15, 0.2) is 0 Å². The number of hydrogen-bond acceptors (Lipinski definition) is 2. The maximum Gasteiger partial charge on any atom is 0.258 e. The van der Waals surface area contributed by atoms with Crippen LogP contribution in [0.15, 0.2) is 28.7 Å². The predicted octanol–water partition coefficient (Wildman–Crippen LogP) is 2.14. The number of carbonyl (C=O) groups excluding carboxylic acids is 2. The Morgan fingerprint density at radius 3 is 2.60 bits per heavy atom. The normalized spacial score (nSPS) is 15.2. The van der Waals surface area contributed by atoms with E-state index in [-0.39, 0.29) is 0 Å². The van der Waals surface area contributed by atoms with E-state index in [1.54, 1.807) is 18.2 Å². The van der Waals surface area contributed by atoms with Crippen LogP contribution >= 0.6 is 27.5 Å². The summed E-state index contributed by atoms with van der Waals surface area (Å²) in [5.74, 6) is -0.801. The van der Waals surface area contributed by atoms with E-state index in [0.29, 0.717) is 16.2 Å². The molecule has 0 bridgehead atoms. The van der Waals surface area contributed by atoms with Crippen LogP contribution in [-0.2, 0) is 9.59 Å². The maximum absolute atomic E-state index is 11.4. The van der Waals surface area contributed by atoms with Crippen molar-refractivity contribution in [2.45, 2.75) is 0 Å². The Morgan fingerprint density at radius 1 is 1.27 bits per heavy atom. The fourth-order valence-electron chi connectivity index (χ4n) is 1.32. The molecule has 1 aliphatic heterocycles. The van der Waals surface area contributed by atoms with Crippen molar-refractivity contribution in [1.82, 2.24) is 5.32 Å². The van der Waals surface area contributed by atoms with Crippen LogP contribution < -0.4 is 5.32 Å². The molecular weight excluding hydrogens is 281 g/mol. The Kier molecular flexibility index (Phi) is 2.63. The third-order valence-corrected chi connectivity index (χ3v) is 2.90. The van der Waals surface area contributed by atoms with Crippen LogP contribution in [0.2, 0.25) is 5.02 Å². The fraction of sp³-hybridized carbons (Fsp3) is 0. The quantitative estimate of drug-likeness (QED) is 0.804. The van der Waals surface area contributed by atoms with Crippen molar-refractivity contribution in [3.8, 4) is 0 Å². The van der Waals surface area contributed by atoms with Gasteiger partial charge >= 0.3 is 0 Å². The minimum absolute atomic E-state index is 0.328. The lowest BCUT2D eigenvalue weighted by Crippen LogP contribution is -2.21. The lowest BCUT2D eigenvalue weighted by atomic mass is 10.1. The van der Waals surface area contributed by atoms with Gasteiger partial charge in [-0.05, 0) is 18.2 Å². The van der Waals surface area contributed by atoms with Crippen LogP contribution in [0.4, 0.5) is 0 Å². The maximum atomic E-state index is 11.4. The molecule has 0 saturated carbocycles. The summed E-state index contributed by atoms with van der Waals surface area (Å²) >= 11 is 9.11. The zero-order chi connectivity index (χ0) is 11.0. The van der Waals surface area contributed by atoms with Gasteiger partial charge < -0.3 is 0 Å². The molecule has 0 unspecified atom stereocenters. The molecule has 1 N–H and O–H groups in total. The average Bonchev–Trinajstić information content (AvgIpc) is 2.50. The summed E-state index contributed by atoms with van der Waals surface area (Å²) in [4.78, 5) is 22.4. The Hall–Kier alpha value is -1.13. The number of amides is 2. The van der Waals surface area contributed by atoms with Gasteiger partial charge in [-0.1, -0.05) is 27.5 Å². The lowest BCUT2D eigenvalue weighted by Gasteiger charge is -2.03. The molecule has 1 aromatic carbocycles. The first-order valence-electron chi connectivity index (χ1n) is 4.10. The summed E-state index contributed by atoms with van der Waals surface area (Å²) in [6.45, 7) is 0. The first-order valence-corrected chi connectivity index (χ1v) is 5.27. The molecule has 0 fully saturated rings. The number of benzene rings is 1. The van der Waals surface area contributed by atoms with E-state index in [4.69, 9.17) is 11.6 Å². The van der Waals surface area contributed by atoms with Crippen LogP contribution in [-0.4, -0.2) is 11.8 Å². The Labute approximate surface area is 99.2 Å². The fourth-order valence-corrected chi connectivity index (χ4v) is 1.95. The first-order chi connectivity index (χ1) is 7.08. The molecule has 0 saturated heterocycles. The van der Waals surface area contributed by atoms with Crippen LogP contribution in [0.3, 0.4) is 0 Å². The highest BCUT2D eigenvalue weighted by atomic mass is 79.9. The number of hydrogen-bond donors (Lipinski definition) is 1. The van der Waals surface area contributed by atoms with E-state index >= 15 is 0 Å². The molecular formula is C10H5BrClNO2. The van der Waals surface area contributed by atoms with Gasteiger partial charge in [0.05, 0.1) is 5.57 Å². The zero-order valence-electron chi connectivity index (χ0n) is 7.38. The largest absolute Gasteiger partial charge is 0.289 e. The number of halogens is 2. The summed E-state index contributed by atoms with van der Waals surface area (Å²) in [5.41, 5.74) is 0.945. The first kappa shape index (κ1) is 10.4. The van der Waals surface area contributed by atoms with Gasteiger partial charge in [-0.3, -0.25) is 14.9 Å². The van der Waals surface area contributed by atoms with Crippen molar-refractivity contribution < 1.29 is 9.59 Å². The van der Waals surface area contributed by atoms with E-state index in [9.17, 15) is 9.59 Å². The number of carbonyl (C=O) groups is 2. The minimum Gasteiger partial charge on any atom is -0.289 e. The van der Waals surface area contributed by atoms with Crippen LogP contribution in [0.5, 0.6) is 0 Å². The van der Waals surface area contributed by atoms with Crippen molar-refractivity contribution >= 4 is 44.9 Å². The van der Waals surface area contributed by atoms with E-state index in [0.717, 1.165) is 4.47 Å². The van der Waals surface area contributed by atoms with Crippen molar-refractivity contribution in [3.63, 3.8) is 0 Å². The lowest BCUT2D eigenvalue weighted by molar-refractivity contribution is -0.123. The van der Waals surface area contributed by atoms with Gasteiger partial charge in [0.2, 0.25) is 0 Å². The molecule has 1 heterocycles. The molecule has 76 valence electrons. The van der Waals surface area contributed by atoms with E-state index in [1.807, 2.05) is 0 Å². The summed E-state index contributed by atoms with van der Waals surface area (Å²) < 4.78 is 0.725. The molecule has 2 amide bonds. The van der Waals surface area contributed by atoms with Crippen molar-refractivity contribution in [3.05, 3.63) is 39.3 Å². The second-order valence-electron chi connectivity index (χ2n) is 3.00. The van der Waals surface area contributed by atoms with Gasteiger partial charge in [0.25, 0.3) is 11.8 Å². The Bertz CT molecular complexity index is 496. The summed E-state index contributed by atoms with van der Waals surface area (Å²) in [6.07, 6.45) is 1.26. The highest BCUT2D eigenvalue weighted by molar-refractivity contribution is 9.10. The highest BCUT2D eigenvalue weighted by Crippen LogP contribution is 2.28. The summed E-state index contributed by atoms with van der Waals surface area (Å²) in [6, 6.07) is 5.06. The second-order valence-corrected chi connectivity index (χ2v) is 4.29. The molecule has 2 rings (SSSR count). The molecule has 0 atom stereocenters. The van der Waals surface area contributed by atoms with E-state index < -0.39 is 11.8 Å². The van der Waals surface area contributed by atoms with Crippen molar-refractivity contribution in [2.75, 3.05) is 0 Å². The Balaban J connectivity index is 2.54. The van der Waals surface area contributed by atoms with Crippen molar-refractivity contribution in [2.24, 2.45) is 0 Å². The van der Waals surface area contributed by atoms with E-state index in [1.165, 1.54) is 6.08 Å². The molecule has 15 heavy (non-hydrogen) atoms. The topological polar surface area (TPSA) is 46.2 Å². The molecule has 0 aliphatic carbocycles. The summed E-state index contributed by atoms with van der Waals surface area (Å²) in [5, 5.41) is 2.69. The van der Waals surface area contributed by atoms with Gasteiger partial charge in [0, 0.05) is 21.1 Å². The second kappa shape index (κ2) is 3.79. The third-order valence-electron chi connectivity index (χ3n) is 1.98. The minimum atomic E-state index is -0.401. The molecule has 0 radical (unpaired) electrons. The van der Waals surface area contributed by atoms with E-state index in [2.05, 4.69) is 21.2 Å². The number of nitrogens with one attached hydrogen (secondary N) is 1. The van der Waals surface area contributed by atoms with Crippen molar-refractivity contribution in [1.29, 1.82) is 0 Å². The molecule has 3 nitrogen and oxygen atoms in total. The van der Waals surface area contributed by atoms with Gasteiger partial charge in [-0.25, -0.2) is 0 Å². The highest BCUT2D eigenvalue weighted by Gasteiger charge is 2.23.